The first-order valence-corrected chi connectivity index (χ1v) is 6.54. The average molecular weight is 322 g/mol. The fraction of sp³-hybridized carbons (Fsp3) is 0.308. The van der Waals surface area contributed by atoms with Crippen LogP contribution in [0.2, 0.25) is 0 Å². The van der Waals surface area contributed by atoms with E-state index in [-0.39, 0.29) is 17.2 Å². The number of amides is 1. The van der Waals surface area contributed by atoms with E-state index in [1.54, 1.807) is 6.92 Å². The number of esters is 1. The number of nitro groups is 1. The van der Waals surface area contributed by atoms with E-state index in [1.807, 2.05) is 0 Å². The summed E-state index contributed by atoms with van der Waals surface area (Å²) in [5.41, 5.74) is -0.275. The fourth-order valence-electron chi connectivity index (χ4n) is 1.78. The molecule has 1 atom stereocenters. The number of hydrogen-bond acceptors (Lipinski definition) is 7. The molecular formula is C13H14N4O6. The molecule has 2 aromatic rings. The summed E-state index contributed by atoms with van der Waals surface area (Å²) in [6.45, 7) is 3.03. The molecule has 2 rings (SSSR count). The molecule has 0 aliphatic rings. The number of carbonyl (C=O) groups excluding carboxylic acids is 2. The van der Waals surface area contributed by atoms with Gasteiger partial charge in [-0.2, -0.15) is 0 Å². The minimum Gasteiger partial charge on any atom is -0.448 e. The van der Waals surface area contributed by atoms with Crippen LogP contribution in [0.1, 0.15) is 23.2 Å². The van der Waals surface area contributed by atoms with Gasteiger partial charge in [0.1, 0.15) is 11.5 Å². The van der Waals surface area contributed by atoms with E-state index in [9.17, 15) is 19.7 Å². The Bertz CT molecular complexity index is 762. The highest BCUT2D eigenvalue weighted by atomic mass is 16.6. The minimum atomic E-state index is -1.12. The van der Waals surface area contributed by atoms with Crippen molar-refractivity contribution in [2.24, 2.45) is 7.05 Å². The third-order valence-electron chi connectivity index (χ3n) is 2.94. The first kappa shape index (κ1) is 16.2. The van der Waals surface area contributed by atoms with Crippen molar-refractivity contribution in [1.82, 2.24) is 9.72 Å². The monoisotopic (exact) mass is 322 g/mol. The van der Waals surface area contributed by atoms with E-state index in [4.69, 9.17) is 9.26 Å². The normalized spacial score (nSPS) is 11.8. The number of aromatic nitrogens is 2. The van der Waals surface area contributed by atoms with E-state index in [2.05, 4.69) is 10.5 Å². The van der Waals surface area contributed by atoms with Crippen LogP contribution in [0.3, 0.4) is 0 Å². The number of nitrogens with zero attached hydrogens (tertiary/aromatic N) is 3. The van der Waals surface area contributed by atoms with Crippen LogP contribution in [0.4, 0.5) is 11.5 Å². The van der Waals surface area contributed by atoms with Gasteiger partial charge in [0.05, 0.1) is 11.1 Å². The number of anilines is 1. The van der Waals surface area contributed by atoms with Gasteiger partial charge >= 0.3 is 5.97 Å². The molecule has 0 spiro atoms. The maximum Gasteiger partial charge on any atom is 0.355 e. The standard InChI is InChI=1S/C13H14N4O6/c1-7-4-11(15-23-7)14-12(18)8(2)22-13(19)10-5-9(17(20)21)6-16(10)3/h4-6,8H,1-3H3,(H,14,15,18). The molecule has 1 amide bonds. The first-order valence-electron chi connectivity index (χ1n) is 6.54. The number of aryl methyl sites for hydroxylation is 2. The summed E-state index contributed by atoms with van der Waals surface area (Å²) in [6.07, 6.45) is 0.0629. The third kappa shape index (κ3) is 3.73. The van der Waals surface area contributed by atoms with Gasteiger partial charge in [0, 0.05) is 19.2 Å². The van der Waals surface area contributed by atoms with Gasteiger partial charge in [0.25, 0.3) is 11.6 Å². The molecule has 0 aliphatic carbocycles. The summed E-state index contributed by atoms with van der Waals surface area (Å²) < 4.78 is 11.1. The zero-order valence-electron chi connectivity index (χ0n) is 12.6. The summed E-state index contributed by atoms with van der Waals surface area (Å²) in [6, 6.07) is 2.58. The van der Waals surface area contributed by atoms with Gasteiger partial charge < -0.3 is 19.1 Å². The summed E-state index contributed by atoms with van der Waals surface area (Å²) in [5.74, 6) is -0.735. The van der Waals surface area contributed by atoms with Gasteiger partial charge in [-0.25, -0.2) is 4.79 Å². The molecule has 1 N–H and O–H groups in total. The van der Waals surface area contributed by atoms with Gasteiger partial charge in [-0.3, -0.25) is 14.9 Å². The summed E-state index contributed by atoms with van der Waals surface area (Å²) >= 11 is 0. The topological polar surface area (TPSA) is 130 Å². The number of carbonyl (C=O) groups is 2. The van der Waals surface area contributed by atoms with E-state index < -0.39 is 22.9 Å². The van der Waals surface area contributed by atoms with Crippen molar-refractivity contribution in [2.45, 2.75) is 20.0 Å². The zero-order valence-corrected chi connectivity index (χ0v) is 12.6. The van der Waals surface area contributed by atoms with Crippen LogP contribution in [-0.4, -0.2) is 32.6 Å². The van der Waals surface area contributed by atoms with Crippen molar-refractivity contribution in [3.63, 3.8) is 0 Å². The molecule has 122 valence electrons. The van der Waals surface area contributed by atoms with Crippen molar-refractivity contribution < 1.29 is 23.8 Å². The molecule has 0 bridgehead atoms. The van der Waals surface area contributed by atoms with Crippen molar-refractivity contribution in [3.8, 4) is 0 Å². The van der Waals surface area contributed by atoms with E-state index in [0.29, 0.717) is 5.76 Å². The second kappa shape index (κ2) is 6.30. The minimum absolute atomic E-state index is 0.0337. The Morgan fingerprint density at radius 3 is 2.70 bits per heavy atom. The maximum atomic E-state index is 12.0. The Kier molecular flexibility index (Phi) is 4.44. The summed E-state index contributed by atoms with van der Waals surface area (Å²) in [4.78, 5) is 34.0. The molecule has 2 aromatic heterocycles. The van der Waals surface area contributed by atoms with Crippen LogP contribution in [0, 0.1) is 17.0 Å². The van der Waals surface area contributed by atoms with Gasteiger partial charge in [-0.1, -0.05) is 5.16 Å². The molecule has 23 heavy (non-hydrogen) atoms. The second-order valence-corrected chi connectivity index (χ2v) is 4.81. The van der Waals surface area contributed by atoms with Crippen molar-refractivity contribution in [2.75, 3.05) is 5.32 Å². The van der Waals surface area contributed by atoms with Crippen LogP contribution < -0.4 is 5.32 Å². The molecule has 10 heteroatoms. The summed E-state index contributed by atoms with van der Waals surface area (Å²) in [7, 11) is 1.46. The van der Waals surface area contributed by atoms with Gasteiger partial charge in [0.2, 0.25) is 0 Å². The fourth-order valence-corrected chi connectivity index (χ4v) is 1.78. The lowest BCUT2D eigenvalue weighted by Crippen LogP contribution is -2.30. The lowest BCUT2D eigenvalue weighted by Gasteiger charge is -2.12. The SMILES string of the molecule is Cc1cc(NC(=O)C(C)OC(=O)c2cc([N+](=O)[O-])cn2C)no1. The second-order valence-electron chi connectivity index (χ2n) is 4.81. The van der Waals surface area contributed by atoms with Crippen LogP contribution in [0.5, 0.6) is 0 Å². The highest BCUT2D eigenvalue weighted by Crippen LogP contribution is 2.17. The lowest BCUT2D eigenvalue weighted by molar-refractivity contribution is -0.384. The lowest BCUT2D eigenvalue weighted by atomic mass is 10.3. The molecule has 0 aliphatic heterocycles. The first-order chi connectivity index (χ1) is 10.8. The molecule has 0 aromatic carbocycles. The highest BCUT2D eigenvalue weighted by molar-refractivity contribution is 5.96. The number of rotatable bonds is 5. The molecule has 0 fully saturated rings. The quantitative estimate of drug-likeness (QED) is 0.500. The van der Waals surface area contributed by atoms with E-state index >= 15 is 0 Å². The molecule has 0 saturated heterocycles. The van der Waals surface area contributed by atoms with Gasteiger partial charge in [-0.05, 0) is 13.8 Å². The Labute approximate surface area is 130 Å². The Morgan fingerprint density at radius 1 is 1.48 bits per heavy atom. The summed E-state index contributed by atoms with van der Waals surface area (Å²) in [5, 5.41) is 16.7. The molecule has 2 heterocycles. The van der Waals surface area contributed by atoms with Crippen LogP contribution in [-0.2, 0) is 16.6 Å². The van der Waals surface area contributed by atoms with E-state index in [0.717, 1.165) is 6.07 Å². The number of hydrogen-bond donors (Lipinski definition) is 1. The van der Waals surface area contributed by atoms with Crippen LogP contribution >= 0.6 is 0 Å². The highest BCUT2D eigenvalue weighted by Gasteiger charge is 2.24. The largest absolute Gasteiger partial charge is 0.448 e. The molecule has 0 radical (unpaired) electrons. The average Bonchev–Trinajstić information content (AvgIpc) is 3.04. The van der Waals surface area contributed by atoms with Crippen LogP contribution in [0.25, 0.3) is 0 Å². The smallest absolute Gasteiger partial charge is 0.355 e. The molecule has 10 nitrogen and oxygen atoms in total. The molecular weight excluding hydrogens is 308 g/mol. The van der Waals surface area contributed by atoms with Gasteiger partial charge in [-0.15, -0.1) is 0 Å². The number of nitrogens with one attached hydrogen (secondary N) is 1. The van der Waals surface area contributed by atoms with E-state index in [1.165, 1.54) is 30.8 Å². The molecule has 1 unspecified atom stereocenters. The maximum absolute atomic E-state index is 12.0. The Hall–Kier alpha value is -3.17. The zero-order chi connectivity index (χ0) is 17.1. The van der Waals surface area contributed by atoms with Crippen molar-refractivity contribution in [1.29, 1.82) is 0 Å². The Morgan fingerprint density at radius 2 is 2.17 bits per heavy atom. The van der Waals surface area contributed by atoms with Crippen molar-refractivity contribution >= 4 is 23.4 Å². The molecule has 0 saturated carbocycles. The predicted octanol–water partition coefficient (Wildman–Crippen LogP) is 1.41. The third-order valence-corrected chi connectivity index (χ3v) is 2.94. The Balaban J connectivity index is 2.01. The van der Waals surface area contributed by atoms with Gasteiger partial charge in [0.15, 0.2) is 11.9 Å². The number of ether oxygens (including phenoxy) is 1. The predicted molar refractivity (Wildman–Crippen MR) is 76.8 cm³/mol. The van der Waals surface area contributed by atoms with Crippen molar-refractivity contribution in [3.05, 3.63) is 39.9 Å². The van der Waals surface area contributed by atoms with Crippen LogP contribution in [0.15, 0.2) is 22.9 Å².